The fourth-order valence-corrected chi connectivity index (χ4v) is 2.59. The second kappa shape index (κ2) is 15.0. The molecule has 1 N–H and O–H groups in total. The Morgan fingerprint density at radius 3 is 1.56 bits per heavy atom. The summed E-state index contributed by atoms with van der Waals surface area (Å²) in [5.74, 6) is 0. The third-order valence-electron chi connectivity index (χ3n) is 4.23. The third kappa shape index (κ3) is 15.9. The van der Waals surface area contributed by atoms with Gasteiger partial charge >= 0.3 is 0 Å². The first kappa shape index (κ1) is 23.7. The minimum Gasteiger partial charge on any atom is -0.392 e. The monoisotopic (exact) mass is 344 g/mol. The zero-order valence-electron chi connectivity index (χ0n) is 17.5. The lowest BCUT2D eigenvalue weighted by Crippen LogP contribution is -1.87. The predicted octanol–water partition coefficient (Wildman–Crippen LogP) is 7.46. The molecule has 0 aliphatic rings. The molecule has 0 rings (SSSR count). The zero-order valence-corrected chi connectivity index (χ0v) is 17.5. The summed E-state index contributed by atoms with van der Waals surface area (Å²) >= 11 is 0. The highest BCUT2D eigenvalue weighted by molar-refractivity contribution is 5.12. The molecule has 0 aromatic heterocycles. The molecule has 1 heteroatoms. The molecule has 0 aromatic rings. The Kier molecular flexibility index (Phi) is 14.2. The molecule has 25 heavy (non-hydrogen) atoms. The maximum absolute atomic E-state index is 9.15. The summed E-state index contributed by atoms with van der Waals surface area (Å²) in [6.45, 7) is 13.2. The van der Waals surface area contributed by atoms with Crippen molar-refractivity contribution in [3.8, 4) is 0 Å². The van der Waals surface area contributed by atoms with Crippen molar-refractivity contribution in [1.29, 1.82) is 0 Å². The Morgan fingerprint density at radius 1 is 0.600 bits per heavy atom. The second-order valence-corrected chi connectivity index (χ2v) is 7.53. The van der Waals surface area contributed by atoms with E-state index in [4.69, 9.17) is 5.11 Å². The van der Waals surface area contributed by atoms with Crippen molar-refractivity contribution in [2.45, 2.75) is 86.5 Å². The Morgan fingerprint density at radius 2 is 1.08 bits per heavy atom. The van der Waals surface area contributed by atoms with E-state index in [1.165, 1.54) is 34.3 Å². The van der Waals surface area contributed by atoms with Crippen LogP contribution in [-0.2, 0) is 0 Å². The highest BCUT2D eigenvalue weighted by atomic mass is 16.2. The van der Waals surface area contributed by atoms with Gasteiger partial charge in [-0.1, -0.05) is 58.2 Å². The molecule has 0 saturated carbocycles. The van der Waals surface area contributed by atoms with Crippen LogP contribution in [-0.4, -0.2) is 11.7 Å². The fourth-order valence-electron chi connectivity index (χ4n) is 2.59. The number of hydrogen-bond donors (Lipinski definition) is 1. The molecule has 0 saturated heterocycles. The maximum atomic E-state index is 9.15. The van der Waals surface area contributed by atoms with E-state index in [1.54, 1.807) is 0 Å². The average Bonchev–Trinajstić information content (AvgIpc) is 2.52. The summed E-state index contributed by atoms with van der Waals surface area (Å²) in [7, 11) is 0. The zero-order chi connectivity index (χ0) is 19.1. The summed E-state index contributed by atoms with van der Waals surface area (Å²) in [6, 6.07) is 0. The van der Waals surface area contributed by atoms with Crippen LogP contribution in [0.3, 0.4) is 0 Å². The quantitative estimate of drug-likeness (QED) is 0.364. The summed E-state index contributed by atoms with van der Waals surface area (Å²) in [5, 5.41) is 9.15. The Bertz CT molecular complexity index is 504. The number of aliphatic hydroxyl groups excluding tert-OH is 1. The van der Waals surface area contributed by atoms with Crippen LogP contribution in [0.5, 0.6) is 0 Å². The van der Waals surface area contributed by atoms with Crippen molar-refractivity contribution in [2.75, 3.05) is 6.61 Å². The van der Waals surface area contributed by atoms with Crippen molar-refractivity contribution < 1.29 is 5.11 Å². The van der Waals surface area contributed by atoms with Crippen LogP contribution in [0.2, 0.25) is 0 Å². The Labute approximate surface area is 156 Å². The topological polar surface area (TPSA) is 20.2 Å². The van der Waals surface area contributed by atoms with Crippen LogP contribution in [0.25, 0.3) is 0 Å². The van der Waals surface area contributed by atoms with Gasteiger partial charge in [0, 0.05) is 0 Å². The van der Waals surface area contributed by atoms with Gasteiger partial charge in [-0.15, -0.1) is 0 Å². The molecule has 0 aliphatic carbocycles. The van der Waals surface area contributed by atoms with Gasteiger partial charge in [-0.3, -0.25) is 0 Å². The van der Waals surface area contributed by atoms with Gasteiger partial charge in [-0.25, -0.2) is 0 Å². The highest BCUT2D eigenvalue weighted by Gasteiger charge is 1.96. The molecule has 1 nitrogen and oxygen atoms in total. The van der Waals surface area contributed by atoms with Crippen molar-refractivity contribution in [3.05, 3.63) is 58.2 Å². The van der Waals surface area contributed by atoms with Gasteiger partial charge in [0.05, 0.1) is 6.61 Å². The van der Waals surface area contributed by atoms with E-state index >= 15 is 0 Å². The summed E-state index contributed by atoms with van der Waals surface area (Å²) < 4.78 is 0. The molecule has 0 amide bonds. The van der Waals surface area contributed by atoms with Crippen LogP contribution < -0.4 is 0 Å². The average molecular weight is 345 g/mol. The van der Waals surface area contributed by atoms with Gasteiger partial charge in [-0.2, -0.15) is 0 Å². The van der Waals surface area contributed by atoms with Crippen LogP contribution in [0.15, 0.2) is 58.2 Å². The molecule has 142 valence electrons. The van der Waals surface area contributed by atoms with Crippen molar-refractivity contribution in [3.63, 3.8) is 0 Å². The molecule has 0 heterocycles. The number of aliphatic hydroxyl groups is 1. The van der Waals surface area contributed by atoms with Crippen LogP contribution >= 0.6 is 0 Å². The molecule has 0 spiro atoms. The molecule has 0 atom stereocenters. The normalized spacial score (nSPS) is 13.0. The molecular formula is C24H40O. The number of rotatable bonds is 12. The fraction of sp³-hybridized carbons (Fsp3) is 0.583. The van der Waals surface area contributed by atoms with Gasteiger partial charge in [0.25, 0.3) is 0 Å². The van der Waals surface area contributed by atoms with E-state index in [9.17, 15) is 0 Å². The van der Waals surface area contributed by atoms with Gasteiger partial charge < -0.3 is 5.11 Å². The van der Waals surface area contributed by atoms with Crippen LogP contribution in [0.4, 0.5) is 0 Å². The summed E-state index contributed by atoms with van der Waals surface area (Å²) in [6.07, 6.45) is 18.9. The van der Waals surface area contributed by atoms with Crippen molar-refractivity contribution >= 4 is 0 Å². The minimum absolute atomic E-state index is 0.144. The van der Waals surface area contributed by atoms with E-state index in [2.05, 4.69) is 65.8 Å². The van der Waals surface area contributed by atoms with Crippen LogP contribution in [0, 0.1) is 0 Å². The van der Waals surface area contributed by atoms with E-state index < -0.39 is 0 Å². The lowest BCUT2D eigenvalue weighted by molar-refractivity contribution is 0.341. The standard InChI is InChI=1S/C24H40O/c1-20(2)10-7-11-22(5)12-8-13-23(6)14-9-15-24(18-19-25)17-16-21(3)4/h10,12,14,16,18,25H,7-9,11,13,15,17,19H2,1-6H3/b22-12+,23-14+,24-18-. The minimum atomic E-state index is 0.144. The SMILES string of the molecule is CC(C)=CCC/C(C)=C/CC/C(C)=C/CC/C(=C/CO)CC=C(C)C. The van der Waals surface area contributed by atoms with E-state index in [0.717, 1.165) is 38.5 Å². The van der Waals surface area contributed by atoms with E-state index in [-0.39, 0.29) is 6.61 Å². The van der Waals surface area contributed by atoms with Crippen LogP contribution in [0.1, 0.15) is 86.5 Å². The largest absolute Gasteiger partial charge is 0.392 e. The third-order valence-corrected chi connectivity index (χ3v) is 4.23. The predicted molar refractivity (Wildman–Crippen MR) is 114 cm³/mol. The highest BCUT2D eigenvalue weighted by Crippen LogP contribution is 2.16. The van der Waals surface area contributed by atoms with Crippen molar-refractivity contribution in [1.82, 2.24) is 0 Å². The molecule has 0 unspecified atom stereocenters. The first-order valence-electron chi connectivity index (χ1n) is 9.72. The molecule has 0 aliphatic heterocycles. The van der Waals surface area contributed by atoms with Gasteiger partial charge in [0.15, 0.2) is 0 Å². The Balaban J connectivity index is 4.21. The van der Waals surface area contributed by atoms with E-state index in [1.807, 2.05) is 6.08 Å². The van der Waals surface area contributed by atoms with Gasteiger partial charge in [0.1, 0.15) is 0 Å². The molecule has 0 bridgehead atoms. The first-order valence-corrected chi connectivity index (χ1v) is 9.72. The van der Waals surface area contributed by atoms with E-state index in [0.29, 0.717) is 0 Å². The summed E-state index contributed by atoms with van der Waals surface area (Å²) in [4.78, 5) is 0. The molecular weight excluding hydrogens is 304 g/mol. The second-order valence-electron chi connectivity index (χ2n) is 7.53. The lowest BCUT2D eigenvalue weighted by Gasteiger charge is -2.05. The molecule has 0 aromatic carbocycles. The maximum Gasteiger partial charge on any atom is 0.0615 e. The van der Waals surface area contributed by atoms with Crippen molar-refractivity contribution in [2.24, 2.45) is 0 Å². The lowest BCUT2D eigenvalue weighted by atomic mass is 10.0. The Hall–Kier alpha value is -1.34. The molecule has 0 fully saturated rings. The van der Waals surface area contributed by atoms with Gasteiger partial charge in [0.2, 0.25) is 0 Å². The van der Waals surface area contributed by atoms with Gasteiger partial charge in [-0.05, 0) is 86.5 Å². The smallest absolute Gasteiger partial charge is 0.0615 e. The first-order chi connectivity index (χ1) is 11.8. The summed E-state index contributed by atoms with van der Waals surface area (Å²) in [5.41, 5.74) is 7.05. The molecule has 0 radical (unpaired) electrons. The number of allylic oxidation sites excluding steroid dienone is 9. The number of hydrogen-bond acceptors (Lipinski definition) is 1.